The largest absolute Gasteiger partial charge is 0.496 e. The van der Waals surface area contributed by atoms with Gasteiger partial charge in [-0.05, 0) is 35.6 Å². The summed E-state index contributed by atoms with van der Waals surface area (Å²) in [6, 6.07) is 15.3. The second kappa shape index (κ2) is 9.37. The van der Waals surface area contributed by atoms with E-state index < -0.39 is 11.9 Å². The summed E-state index contributed by atoms with van der Waals surface area (Å²) in [6.07, 6.45) is 1.01. The Labute approximate surface area is 164 Å². The number of methoxy groups -OCH3 is 1. The normalized spacial score (nSPS) is 16.7. The second-order valence-corrected chi connectivity index (χ2v) is 6.87. The van der Waals surface area contributed by atoms with Gasteiger partial charge in [0.25, 0.3) is 0 Å². The number of carboxylic acid groups (broad SMARTS) is 1. The lowest BCUT2D eigenvalue weighted by Gasteiger charge is -2.25. The minimum absolute atomic E-state index is 0.0561. The lowest BCUT2D eigenvalue weighted by molar-refractivity contribution is -0.141. The predicted octanol–water partition coefficient (Wildman–Crippen LogP) is 2.76. The molecule has 0 radical (unpaired) electrons. The Morgan fingerprint density at radius 1 is 1.21 bits per heavy atom. The standard InChI is InChI=1S/C22H25NO5/c1-27-19-9-5-3-7-16(19)12-17(22(25)26)14-23-21(24)13-20-18-8-4-2-6-15(18)10-11-28-20/h2-9,17,20H,10-14H2,1H3,(H,23,24)(H,25,26). The fraction of sp³-hybridized carbons (Fsp3) is 0.364. The Morgan fingerprint density at radius 2 is 1.96 bits per heavy atom. The van der Waals surface area contributed by atoms with E-state index >= 15 is 0 Å². The Morgan fingerprint density at radius 3 is 2.75 bits per heavy atom. The average molecular weight is 383 g/mol. The number of hydrogen-bond donors (Lipinski definition) is 2. The van der Waals surface area contributed by atoms with Crippen LogP contribution in [0.3, 0.4) is 0 Å². The molecule has 0 fully saturated rings. The zero-order valence-corrected chi connectivity index (χ0v) is 15.9. The van der Waals surface area contributed by atoms with Gasteiger partial charge in [-0.25, -0.2) is 0 Å². The van der Waals surface area contributed by atoms with Gasteiger partial charge >= 0.3 is 5.97 Å². The first-order chi connectivity index (χ1) is 13.6. The topological polar surface area (TPSA) is 84.9 Å². The first-order valence-electron chi connectivity index (χ1n) is 9.39. The van der Waals surface area contributed by atoms with E-state index in [2.05, 4.69) is 11.4 Å². The maximum absolute atomic E-state index is 12.4. The van der Waals surface area contributed by atoms with Crippen molar-refractivity contribution in [2.45, 2.75) is 25.4 Å². The van der Waals surface area contributed by atoms with Crippen LogP contribution in [0.2, 0.25) is 0 Å². The minimum Gasteiger partial charge on any atom is -0.496 e. The minimum atomic E-state index is -0.953. The smallest absolute Gasteiger partial charge is 0.308 e. The lowest BCUT2D eigenvalue weighted by Crippen LogP contribution is -2.35. The van der Waals surface area contributed by atoms with Gasteiger partial charge in [-0.2, -0.15) is 0 Å². The van der Waals surface area contributed by atoms with Gasteiger partial charge in [-0.1, -0.05) is 42.5 Å². The van der Waals surface area contributed by atoms with E-state index in [0.717, 1.165) is 17.5 Å². The van der Waals surface area contributed by atoms with Crippen LogP contribution in [0.5, 0.6) is 5.75 Å². The average Bonchev–Trinajstić information content (AvgIpc) is 2.71. The number of carbonyl (C=O) groups excluding carboxylic acids is 1. The molecule has 2 N–H and O–H groups in total. The van der Waals surface area contributed by atoms with Crippen LogP contribution in [0.4, 0.5) is 0 Å². The monoisotopic (exact) mass is 383 g/mol. The van der Waals surface area contributed by atoms with Crippen molar-refractivity contribution in [3.8, 4) is 5.75 Å². The zero-order valence-electron chi connectivity index (χ0n) is 15.9. The number of benzene rings is 2. The summed E-state index contributed by atoms with van der Waals surface area (Å²) >= 11 is 0. The van der Waals surface area contributed by atoms with E-state index in [1.54, 1.807) is 13.2 Å². The highest BCUT2D eigenvalue weighted by Crippen LogP contribution is 2.29. The van der Waals surface area contributed by atoms with Crippen molar-refractivity contribution in [2.24, 2.45) is 5.92 Å². The molecule has 0 aliphatic carbocycles. The summed E-state index contributed by atoms with van der Waals surface area (Å²) in [5.74, 6) is -1.26. The highest BCUT2D eigenvalue weighted by atomic mass is 16.5. The van der Waals surface area contributed by atoms with Crippen LogP contribution in [0.1, 0.15) is 29.2 Å². The Balaban J connectivity index is 1.58. The molecule has 1 amide bonds. The molecule has 0 saturated heterocycles. The van der Waals surface area contributed by atoms with Crippen molar-refractivity contribution < 1.29 is 24.2 Å². The van der Waals surface area contributed by atoms with Gasteiger partial charge in [-0.3, -0.25) is 9.59 Å². The lowest BCUT2D eigenvalue weighted by atomic mass is 9.95. The van der Waals surface area contributed by atoms with Crippen molar-refractivity contribution >= 4 is 11.9 Å². The first kappa shape index (κ1) is 19.9. The van der Waals surface area contributed by atoms with Crippen LogP contribution < -0.4 is 10.1 Å². The number of fused-ring (bicyclic) bond motifs is 1. The van der Waals surface area contributed by atoms with E-state index in [-0.39, 0.29) is 31.4 Å². The highest BCUT2D eigenvalue weighted by Gasteiger charge is 2.25. The number of carbonyl (C=O) groups is 2. The molecule has 1 aliphatic heterocycles. The van der Waals surface area contributed by atoms with Crippen LogP contribution in [0.25, 0.3) is 0 Å². The molecule has 0 aromatic heterocycles. The highest BCUT2D eigenvalue weighted by molar-refractivity contribution is 5.78. The maximum atomic E-state index is 12.4. The molecule has 6 nitrogen and oxygen atoms in total. The number of rotatable bonds is 8. The summed E-state index contributed by atoms with van der Waals surface area (Å²) in [5, 5.41) is 12.3. The van der Waals surface area contributed by atoms with E-state index in [9.17, 15) is 14.7 Å². The van der Waals surface area contributed by atoms with Crippen molar-refractivity contribution in [1.82, 2.24) is 5.32 Å². The summed E-state index contributed by atoms with van der Waals surface area (Å²) in [5.41, 5.74) is 3.04. The molecule has 2 unspecified atom stereocenters. The molecule has 148 valence electrons. The van der Waals surface area contributed by atoms with Crippen molar-refractivity contribution in [3.05, 3.63) is 65.2 Å². The molecule has 0 spiro atoms. The van der Waals surface area contributed by atoms with Crippen LogP contribution >= 0.6 is 0 Å². The van der Waals surface area contributed by atoms with Gasteiger partial charge in [-0.15, -0.1) is 0 Å². The zero-order chi connectivity index (χ0) is 19.9. The number of aliphatic carboxylic acids is 1. The summed E-state index contributed by atoms with van der Waals surface area (Å²) in [4.78, 5) is 24.1. The van der Waals surface area contributed by atoms with Gasteiger partial charge < -0.3 is 19.9 Å². The first-order valence-corrected chi connectivity index (χ1v) is 9.39. The van der Waals surface area contributed by atoms with Crippen molar-refractivity contribution in [1.29, 1.82) is 0 Å². The Kier molecular flexibility index (Phi) is 6.66. The van der Waals surface area contributed by atoms with Gasteiger partial charge in [0.15, 0.2) is 0 Å². The van der Waals surface area contributed by atoms with Crippen LogP contribution in [0.15, 0.2) is 48.5 Å². The van der Waals surface area contributed by atoms with Crippen LogP contribution in [-0.4, -0.2) is 37.2 Å². The third-order valence-electron chi connectivity index (χ3n) is 5.02. The number of carboxylic acids is 1. The Hall–Kier alpha value is -2.86. The molecule has 3 rings (SSSR count). The molecule has 6 heteroatoms. The molecule has 2 aromatic carbocycles. The molecule has 0 bridgehead atoms. The number of ether oxygens (including phenoxy) is 2. The van der Waals surface area contributed by atoms with Crippen molar-refractivity contribution in [2.75, 3.05) is 20.3 Å². The molecule has 28 heavy (non-hydrogen) atoms. The van der Waals surface area contributed by atoms with E-state index in [4.69, 9.17) is 9.47 Å². The summed E-state index contributed by atoms with van der Waals surface area (Å²) in [6.45, 7) is 0.640. The Bertz CT molecular complexity index is 835. The predicted molar refractivity (Wildman–Crippen MR) is 104 cm³/mol. The molecular weight excluding hydrogens is 358 g/mol. The molecule has 1 aliphatic rings. The van der Waals surface area contributed by atoms with E-state index in [1.807, 2.05) is 36.4 Å². The van der Waals surface area contributed by atoms with Gasteiger partial charge in [0.05, 0.1) is 32.2 Å². The number of amides is 1. The third kappa shape index (κ3) is 4.89. The number of hydrogen-bond acceptors (Lipinski definition) is 4. The number of nitrogens with one attached hydrogen (secondary N) is 1. The molecule has 1 heterocycles. The molecule has 2 aromatic rings. The molecular formula is C22H25NO5. The quantitative estimate of drug-likeness (QED) is 0.732. The van der Waals surface area contributed by atoms with Crippen LogP contribution in [-0.2, 0) is 27.2 Å². The maximum Gasteiger partial charge on any atom is 0.308 e. The molecule has 0 saturated carbocycles. The third-order valence-corrected chi connectivity index (χ3v) is 5.02. The van der Waals surface area contributed by atoms with Crippen LogP contribution in [0, 0.1) is 5.92 Å². The van der Waals surface area contributed by atoms with Gasteiger partial charge in [0.1, 0.15) is 5.75 Å². The van der Waals surface area contributed by atoms with E-state index in [1.165, 1.54) is 5.56 Å². The van der Waals surface area contributed by atoms with Gasteiger partial charge in [0, 0.05) is 6.54 Å². The SMILES string of the molecule is COc1ccccc1CC(CNC(=O)CC1OCCc2ccccc21)C(=O)O. The van der Waals surface area contributed by atoms with E-state index in [0.29, 0.717) is 12.4 Å². The van der Waals surface area contributed by atoms with Gasteiger partial charge in [0.2, 0.25) is 5.91 Å². The number of para-hydroxylation sites is 1. The van der Waals surface area contributed by atoms with Crippen molar-refractivity contribution in [3.63, 3.8) is 0 Å². The molecule has 2 atom stereocenters. The fourth-order valence-electron chi connectivity index (χ4n) is 3.51. The summed E-state index contributed by atoms with van der Waals surface area (Å²) < 4.78 is 11.1. The summed E-state index contributed by atoms with van der Waals surface area (Å²) in [7, 11) is 1.55. The fourth-order valence-corrected chi connectivity index (χ4v) is 3.51. The second-order valence-electron chi connectivity index (χ2n) is 6.87.